The lowest BCUT2D eigenvalue weighted by atomic mass is 10.1. The molecular weight excluding hydrogens is 430 g/mol. The highest BCUT2D eigenvalue weighted by molar-refractivity contribution is 5.89. The van der Waals surface area contributed by atoms with Gasteiger partial charge in [0.25, 0.3) is 0 Å². The molecular formula is C25H33N7O2. The standard InChI is InChI=1S/C25H33N7O2/c1-25(2,3)34-24(33)31-13-11-30(12-14-31)22-6-4-5-20-23(22)29-21(16-27-20)18-15-28-32(17-18)19-7-9-26-10-8-19/h4-6,15-17,19,26H,7-14H2,1-3H3. The molecule has 9 heteroatoms. The van der Waals surface area contributed by atoms with Crippen molar-refractivity contribution in [3.05, 3.63) is 36.8 Å². The fourth-order valence-corrected chi connectivity index (χ4v) is 4.61. The third-order valence-corrected chi connectivity index (χ3v) is 6.40. The Kier molecular flexibility index (Phi) is 6.12. The number of hydrogen-bond acceptors (Lipinski definition) is 7. The molecule has 0 aliphatic carbocycles. The van der Waals surface area contributed by atoms with Gasteiger partial charge in [-0.3, -0.25) is 9.67 Å². The lowest BCUT2D eigenvalue weighted by Gasteiger charge is -2.36. The van der Waals surface area contributed by atoms with Crippen LogP contribution in [0.1, 0.15) is 39.7 Å². The number of piperidine rings is 1. The maximum absolute atomic E-state index is 12.4. The third kappa shape index (κ3) is 4.84. The van der Waals surface area contributed by atoms with Crippen LogP contribution >= 0.6 is 0 Å². The zero-order valence-corrected chi connectivity index (χ0v) is 20.2. The summed E-state index contributed by atoms with van der Waals surface area (Å²) in [6, 6.07) is 6.52. The van der Waals surface area contributed by atoms with E-state index in [0.29, 0.717) is 19.1 Å². The van der Waals surface area contributed by atoms with Gasteiger partial charge in [0.05, 0.1) is 35.3 Å². The molecule has 0 atom stereocenters. The van der Waals surface area contributed by atoms with E-state index in [4.69, 9.17) is 14.7 Å². The monoisotopic (exact) mass is 463 g/mol. The van der Waals surface area contributed by atoms with Crippen LogP contribution in [0.25, 0.3) is 22.3 Å². The quantitative estimate of drug-likeness (QED) is 0.636. The van der Waals surface area contributed by atoms with E-state index in [1.54, 1.807) is 4.90 Å². The van der Waals surface area contributed by atoms with Crippen molar-refractivity contribution in [3.8, 4) is 11.3 Å². The van der Waals surface area contributed by atoms with E-state index in [2.05, 4.69) is 32.3 Å². The van der Waals surface area contributed by atoms with Crippen LogP contribution in [-0.2, 0) is 4.74 Å². The van der Waals surface area contributed by atoms with Gasteiger partial charge >= 0.3 is 6.09 Å². The summed E-state index contributed by atoms with van der Waals surface area (Å²) in [4.78, 5) is 26.2. The number of anilines is 1. The molecule has 4 heterocycles. The largest absolute Gasteiger partial charge is 0.444 e. The second-order valence-electron chi connectivity index (χ2n) is 10.0. The Morgan fingerprint density at radius 1 is 1.09 bits per heavy atom. The second-order valence-corrected chi connectivity index (χ2v) is 10.0. The Balaban J connectivity index is 1.35. The molecule has 0 bridgehead atoms. The highest BCUT2D eigenvalue weighted by Gasteiger charge is 2.27. The number of piperazine rings is 1. The number of amides is 1. The van der Waals surface area contributed by atoms with Gasteiger partial charge in [0.2, 0.25) is 0 Å². The second kappa shape index (κ2) is 9.21. The Labute approximate surface area is 200 Å². The van der Waals surface area contributed by atoms with E-state index in [-0.39, 0.29) is 6.09 Å². The van der Waals surface area contributed by atoms with Crippen molar-refractivity contribution >= 4 is 22.8 Å². The summed E-state index contributed by atoms with van der Waals surface area (Å²) in [6.07, 6.45) is 7.73. The Morgan fingerprint density at radius 3 is 2.59 bits per heavy atom. The maximum Gasteiger partial charge on any atom is 0.410 e. The lowest BCUT2D eigenvalue weighted by Crippen LogP contribution is -2.50. The molecule has 2 aliphatic rings. The summed E-state index contributed by atoms with van der Waals surface area (Å²) in [6.45, 7) is 10.4. The number of benzene rings is 1. The zero-order chi connectivity index (χ0) is 23.7. The number of aromatic nitrogens is 4. The summed E-state index contributed by atoms with van der Waals surface area (Å²) in [5.74, 6) is 0. The molecule has 180 valence electrons. The minimum Gasteiger partial charge on any atom is -0.444 e. The summed E-state index contributed by atoms with van der Waals surface area (Å²) in [7, 11) is 0. The number of para-hydroxylation sites is 1. The van der Waals surface area contributed by atoms with E-state index in [9.17, 15) is 4.79 Å². The fourth-order valence-electron chi connectivity index (χ4n) is 4.61. The first-order valence-corrected chi connectivity index (χ1v) is 12.1. The van der Waals surface area contributed by atoms with Crippen LogP contribution in [-0.4, -0.2) is 75.6 Å². The number of fused-ring (bicyclic) bond motifs is 1. The van der Waals surface area contributed by atoms with Gasteiger partial charge in [-0.05, 0) is 58.8 Å². The average Bonchev–Trinajstić information content (AvgIpc) is 3.33. The van der Waals surface area contributed by atoms with Crippen molar-refractivity contribution < 1.29 is 9.53 Å². The van der Waals surface area contributed by atoms with Crippen LogP contribution < -0.4 is 10.2 Å². The first-order valence-electron chi connectivity index (χ1n) is 12.1. The smallest absolute Gasteiger partial charge is 0.410 e. The molecule has 9 nitrogen and oxygen atoms in total. The Bertz CT molecular complexity index is 1160. The average molecular weight is 464 g/mol. The summed E-state index contributed by atoms with van der Waals surface area (Å²) in [5, 5.41) is 8.02. The topological polar surface area (TPSA) is 88.4 Å². The van der Waals surface area contributed by atoms with Crippen molar-refractivity contribution in [1.82, 2.24) is 30.0 Å². The lowest BCUT2D eigenvalue weighted by molar-refractivity contribution is 0.0240. The SMILES string of the molecule is CC(C)(C)OC(=O)N1CCN(c2cccc3ncc(-c4cnn(C5CCNCC5)c4)nc23)CC1. The predicted molar refractivity (Wildman–Crippen MR) is 132 cm³/mol. The highest BCUT2D eigenvalue weighted by atomic mass is 16.6. The van der Waals surface area contributed by atoms with Crippen LogP contribution in [0.3, 0.4) is 0 Å². The molecule has 0 radical (unpaired) electrons. The number of rotatable bonds is 3. The van der Waals surface area contributed by atoms with Crippen molar-refractivity contribution in [3.63, 3.8) is 0 Å². The van der Waals surface area contributed by atoms with Gasteiger partial charge in [-0.2, -0.15) is 5.10 Å². The molecule has 2 fully saturated rings. The molecule has 1 amide bonds. The van der Waals surface area contributed by atoms with Crippen molar-refractivity contribution in [1.29, 1.82) is 0 Å². The number of carbonyl (C=O) groups excluding carboxylic acids is 1. The summed E-state index contributed by atoms with van der Waals surface area (Å²) >= 11 is 0. The minimum atomic E-state index is -0.489. The molecule has 3 aromatic rings. The van der Waals surface area contributed by atoms with Crippen LogP contribution in [0.15, 0.2) is 36.8 Å². The van der Waals surface area contributed by atoms with Crippen molar-refractivity contribution in [2.75, 3.05) is 44.2 Å². The molecule has 1 aromatic carbocycles. The summed E-state index contributed by atoms with van der Waals surface area (Å²) < 4.78 is 7.61. The number of hydrogen-bond donors (Lipinski definition) is 1. The van der Waals surface area contributed by atoms with Crippen LogP contribution in [0.4, 0.5) is 10.5 Å². The predicted octanol–water partition coefficient (Wildman–Crippen LogP) is 3.47. The first kappa shape index (κ1) is 22.6. The molecule has 2 aliphatic heterocycles. The molecule has 5 rings (SSSR count). The van der Waals surface area contributed by atoms with Crippen LogP contribution in [0, 0.1) is 0 Å². The number of carbonyl (C=O) groups is 1. The van der Waals surface area contributed by atoms with Crippen molar-refractivity contribution in [2.24, 2.45) is 0 Å². The number of ether oxygens (including phenoxy) is 1. The fraction of sp³-hybridized carbons (Fsp3) is 0.520. The van der Waals surface area contributed by atoms with Gasteiger partial charge in [-0.15, -0.1) is 0 Å². The Hall–Kier alpha value is -3.20. The van der Waals surface area contributed by atoms with E-state index in [1.165, 1.54) is 0 Å². The van der Waals surface area contributed by atoms with Crippen molar-refractivity contribution in [2.45, 2.75) is 45.3 Å². The first-order chi connectivity index (χ1) is 16.4. The van der Waals surface area contributed by atoms with Gasteiger partial charge in [0.1, 0.15) is 11.1 Å². The van der Waals surface area contributed by atoms with E-state index in [0.717, 1.165) is 67.0 Å². The van der Waals surface area contributed by atoms with Gasteiger partial charge in [0, 0.05) is 37.9 Å². The van der Waals surface area contributed by atoms with Gasteiger partial charge in [0.15, 0.2) is 0 Å². The third-order valence-electron chi connectivity index (χ3n) is 6.40. The van der Waals surface area contributed by atoms with Crippen LogP contribution in [0.5, 0.6) is 0 Å². The maximum atomic E-state index is 12.4. The summed E-state index contributed by atoms with van der Waals surface area (Å²) in [5.41, 5.74) is 4.10. The molecule has 2 aromatic heterocycles. The minimum absolute atomic E-state index is 0.252. The van der Waals surface area contributed by atoms with Gasteiger partial charge in [-0.25, -0.2) is 9.78 Å². The Morgan fingerprint density at radius 2 is 1.85 bits per heavy atom. The highest BCUT2D eigenvalue weighted by Crippen LogP contribution is 2.29. The molecule has 1 N–H and O–H groups in total. The van der Waals surface area contributed by atoms with E-state index >= 15 is 0 Å². The van der Waals surface area contributed by atoms with E-state index < -0.39 is 5.60 Å². The number of nitrogens with one attached hydrogen (secondary N) is 1. The molecule has 0 spiro atoms. The zero-order valence-electron chi connectivity index (χ0n) is 20.2. The molecule has 2 saturated heterocycles. The number of nitrogens with zero attached hydrogens (tertiary/aromatic N) is 6. The molecule has 34 heavy (non-hydrogen) atoms. The normalized spacial score (nSPS) is 17.9. The van der Waals surface area contributed by atoms with E-state index in [1.807, 2.05) is 45.3 Å². The van der Waals surface area contributed by atoms with Crippen LogP contribution in [0.2, 0.25) is 0 Å². The molecule has 0 unspecified atom stereocenters. The van der Waals surface area contributed by atoms with Gasteiger partial charge in [-0.1, -0.05) is 6.07 Å². The van der Waals surface area contributed by atoms with Gasteiger partial charge < -0.3 is 19.9 Å². The molecule has 0 saturated carbocycles.